The molecule has 1 heterocycles. The van der Waals surface area contributed by atoms with E-state index in [1.165, 1.54) is 50.1 Å². The van der Waals surface area contributed by atoms with Crippen LogP contribution in [0.2, 0.25) is 0 Å². The molecule has 160 valence electrons. The predicted octanol–water partition coefficient (Wildman–Crippen LogP) is 8.00. The van der Waals surface area contributed by atoms with Crippen molar-refractivity contribution in [1.29, 1.82) is 0 Å². The molecule has 1 aliphatic carbocycles. The number of rotatable bonds is 2. The van der Waals surface area contributed by atoms with Crippen molar-refractivity contribution in [2.75, 3.05) is 0 Å². The van der Waals surface area contributed by atoms with Gasteiger partial charge in [0.25, 0.3) is 0 Å². The van der Waals surface area contributed by atoms with E-state index in [1.54, 1.807) is 0 Å². The van der Waals surface area contributed by atoms with Gasteiger partial charge in [-0.25, -0.2) is 0 Å². The first-order chi connectivity index (χ1) is 15.2. The van der Waals surface area contributed by atoms with E-state index in [0.29, 0.717) is 0 Å². The maximum atomic E-state index is 4.68. The third-order valence-corrected chi connectivity index (χ3v) is 7.32. The van der Waals surface area contributed by atoms with Crippen LogP contribution >= 0.6 is 0 Å². The van der Waals surface area contributed by atoms with Crippen molar-refractivity contribution in [2.45, 2.75) is 52.4 Å². The van der Waals surface area contributed by atoms with Gasteiger partial charge in [0.05, 0.1) is 5.69 Å². The second-order valence-corrected chi connectivity index (χ2v) is 10.4. The Hall–Kier alpha value is -3.19. The van der Waals surface area contributed by atoms with Crippen LogP contribution in [0.15, 0.2) is 79.0 Å². The molecule has 5 rings (SSSR count). The lowest BCUT2D eigenvalue weighted by atomic mass is 9.59. The fraction of sp³-hybridized carbons (Fsp3) is 0.258. The molecule has 1 nitrogen and oxygen atoms in total. The second kappa shape index (κ2) is 7.17. The number of hydrogen-bond acceptors (Lipinski definition) is 1. The summed E-state index contributed by atoms with van der Waals surface area (Å²) in [6.45, 7) is 13.7. The highest BCUT2D eigenvalue weighted by Crippen LogP contribution is 2.51. The summed E-state index contributed by atoms with van der Waals surface area (Å²) in [5.41, 5.74) is 12.8. The van der Waals surface area contributed by atoms with Gasteiger partial charge in [0.2, 0.25) is 0 Å². The minimum Gasteiger partial charge on any atom is -0.256 e. The van der Waals surface area contributed by atoms with Crippen LogP contribution in [0.25, 0.3) is 22.4 Å². The average Bonchev–Trinajstić information content (AvgIpc) is 2.78. The lowest BCUT2D eigenvalue weighted by Crippen LogP contribution is -2.36. The van der Waals surface area contributed by atoms with Crippen LogP contribution < -0.4 is 0 Å². The van der Waals surface area contributed by atoms with Crippen molar-refractivity contribution in [3.8, 4) is 22.4 Å². The van der Waals surface area contributed by atoms with E-state index in [2.05, 4.69) is 119 Å². The zero-order valence-corrected chi connectivity index (χ0v) is 20.0. The van der Waals surface area contributed by atoms with Gasteiger partial charge in [-0.15, -0.1) is 0 Å². The summed E-state index contributed by atoms with van der Waals surface area (Å²) in [5.74, 6) is 0. The largest absolute Gasteiger partial charge is 0.256 e. The minimum atomic E-state index is -0.0767. The van der Waals surface area contributed by atoms with E-state index in [4.69, 9.17) is 0 Å². The van der Waals surface area contributed by atoms with Crippen molar-refractivity contribution in [3.63, 3.8) is 0 Å². The molecule has 3 aromatic carbocycles. The Morgan fingerprint density at radius 3 is 1.56 bits per heavy atom. The quantitative estimate of drug-likeness (QED) is 0.322. The number of pyridine rings is 1. The highest BCUT2D eigenvalue weighted by atomic mass is 14.7. The van der Waals surface area contributed by atoms with Gasteiger partial charge in [0.15, 0.2) is 0 Å². The van der Waals surface area contributed by atoms with E-state index in [1.807, 2.05) is 6.20 Å². The Labute approximate surface area is 192 Å². The van der Waals surface area contributed by atoms with E-state index in [9.17, 15) is 0 Å². The summed E-state index contributed by atoms with van der Waals surface area (Å²) in [5, 5.41) is 0. The molecule has 4 aromatic rings. The maximum absolute atomic E-state index is 4.68. The molecule has 0 unspecified atom stereocenters. The zero-order valence-electron chi connectivity index (χ0n) is 20.0. The molecular weight excluding hydrogens is 386 g/mol. The summed E-state index contributed by atoms with van der Waals surface area (Å²) in [7, 11) is 0. The van der Waals surface area contributed by atoms with Gasteiger partial charge in [-0.3, -0.25) is 4.98 Å². The number of aromatic nitrogens is 1. The molecule has 0 saturated heterocycles. The molecule has 0 fully saturated rings. The molecule has 1 heteroatoms. The summed E-state index contributed by atoms with van der Waals surface area (Å²) < 4.78 is 0. The van der Waals surface area contributed by atoms with Crippen LogP contribution in [-0.4, -0.2) is 4.98 Å². The molecule has 32 heavy (non-hydrogen) atoms. The molecule has 0 bridgehead atoms. The lowest BCUT2D eigenvalue weighted by molar-refractivity contribution is 0.521. The number of aryl methyl sites for hydroxylation is 2. The highest BCUT2D eigenvalue weighted by Gasteiger charge is 2.41. The first kappa shape index (κ1) is 20.7. The fourth-order valence-electron chi connectivity index (χ4n) is 5.23. The minimum absolute atomic E-state index is 0.0693. The summed E-state index contributed by atoms with van der Waals surface area (Å²) >= 11 is 0. The van der Waals surface area contributed by atoms with Crippen LogP contribution in [0.4, 0.5) is 0 Å². The van der Waals surface area contributed by atoms with Gasteiger partial charge in [-0.1, -0.05) is 87.9 Å². The summed E-state index contributed by atoms with van der Waals surface area (Å²) in [4.78, 5) is 4.68. The van der Waals surface area contributed by atoms with Crippen molar-refractivity contribution in [1.82, 2.24) is 4.98 Å². The zero-order chi connectivity index (χ0) is 22.7. The Bertz CT molecular complexity index is 1200. The van der Waals surface area contributed by atoms with Crippen molar-refractivity contribution < 1.29 is 0 Å². The standard InChI is InChI=1S/C31H31N/c1-20-7-10-22(11-8-20)23-12-14-25-27(17-23)30(3,4)26-15-13-24(18-28(26)31(25,5)6)29-16-9-21(2)19-32-29/h7-19H,1-6H3. The summed E-state index contributed by atoms with van der Waals surface area (Å²) in [6.07, 6.45) is 1.95. The third-order valence-electron chi connectivity index (χ3n) is 7.32. The predicted molar refractivity (Wildman–Crippen MR) is 135 cm³/mol. The molecule has 0 radical (unpaired) electrons. The first-order valence-electron chi connectivity index (χ1n) is 11.5. The van der Waals surface area contributed by atoms with Crippen LogP contribution in [0.3, 0.4) is 0 Å². The van der Waals surface area contributed by atoms with Gasteiger partial charge < -0.3 is 0 Å². The normalized spacial score (nSPS) is 15.7. The van der Waals surface area contributed by atoms with Crippen LogP contribution in [0, 0.1) is 13.8 Å². The van der Waals surface area contributed by atoms with Gasteiger partial charge in [0.1, 0.15) is 0 Å². The van der Waals surface area contributed by atoms with Crippen molar-refractivity contribution >= 4 is 0 Å². The lowest BCUT2D eigenvalue weighted by Gasteiger charge is -2.44. The molecule has 0 saturated carbocycles. The van der Waals surface area contributed by atoms with Crippen LogP contribution in [0.1, 0.15) is 61.1 Å². The topological polar surface area (TPSA) is 12.9 Å². The number of fused-ring (bicyclic) bond motifs is 2. The highest BCUT2D eigenvalue weighted by molar-refractivity contribution is 5.71. The van der Waals surface area contributed by atoms with Gasteiger partial charge in [0, 0.05) is 22.6 Å². The Morgan fingerprint density at radius 1 is 0.500 bits per heavy atom. The van der Waals surface area contributed by atoms with E-state index in [-0.39, 0.29) is 10.8 Å². The fourth-order valence-corrected chi connectivity index (χ4v) is 5.23. The molecule has 0 amide bonds. The Morgan fingerprint density at radius 2 is 1.00 bits per heavy atom. The second-order valence-electron chi connectivity index (χ2n) is 10.4. The van der Waals surface area contributed by atoms with E-state index >= 15 is 0 Å². The summed E-state index contributed by atoms with van der Waals surface area (Å²) in [6, 6.07) is 27.1. The van der Waals surface area contributed by atoms with Gasteiger partial charge in [-0.05, 0) is 71.0 Å². The monoisotopic (exact) mass is 417 g/mol. The number of benzene rings is 3. The SMILES string of the molecule is Cc1ccc(-c2ccc3c(c2)C(C)(C)c2ccc(-c4ccc(C)cn4)cc2C3(C)C)cc1. The molecule has 0 aliphatic heterocycles. The Balaban J connectivity index is 1.66. The van der Waals surface area contributed by atoms with E-state index < -0.39 is 0 Å². The maximum Gasteiger partial charge on any atom is 0.0702 e. The van der Waals surface area contributed by atoms with E-state index in [0.717, 1.165) is 5.69 Å². The first-order valence-corrected chi connectivity index (χ1v) is 11.5. The smallest absolute Gasteiger partial charge is 0.0702 e. The van der Waals surface area contributed by atoms with Gasteiger partial charge >= 0.3 is 0 Å². The van der Waals surface area contributed by atoms with Crippen molar-refractivity contribution in [2.24, 2.45) is 0 Å². The third kappa shape index (κ3) is 3.19. The van der Waals surface area contributed by atoms with Crippen LogP contribution in [0.5, 0.6) is 0 Å². The number of hydrogen-bond donors (Lipinski definition) is 0. The molecule has 0 atom stereocenters. The molecule has 0 spiro atoms. The van der Waals surface area contributed by atoms with Crippen molar-refractivity contribution in [3.05, 3.63) is 112 Å². The molecule has 1 aromatic heterocycles. The van der Waals surface area contributed by atoms with Gasteiger partial charge in [-0.2, -0.15) is 0 Å². The average molecular weight is 418 g/mol. The Kier molecular flexibility index (Phi) is 4.64. The molecule has 0 N–H and O–H groups in total. The number of nitrogens with zero attached hydrogens (tertiary/aromatic N) is 1. The molecular formula is C31H31N. The van der Waals surface area contributed by atoms with Crippen LogP contribution in [-0.2, 0) is 10.8 Å². The molecule has 1 aliphatic rings.